The van der Waals surface area contributed by atoms with Crippen LogP contribution >= 0.6 is 22.7 Å². The summed E-state index contributed by atoms with van der Waals surface area (Å²) in [5.41, 5.74) is 25.7. The van der Waals surface area contributed by atoms with Crippen molar-refractivity contribution in [2.75, 3.05) is 9.80 Å². The van der Waals surface area contributed by atoms with Gasteiger partial charge in [-0.3, -0.25) is 0 Å². The number of nitrogens with zero attached hydrogens (tertiary/aromatic N) is 2. The van der Waals surface area contributed by atoms with Crippen LogP contribution in [0.25, 0.3) is 53.4 Å². The van der Waals surface area contributed by atoms with Crippen molar-refractivity contribution in [3.8, 4) is 22.3 Å². The number of thiophene rings is 2. The zero-order valence-corrected chi connectivity index (χ0v) is 43.6. The molecule has 0 unspecified atom stereocenters. The summed E-state index contributed by atoms with van der Waals surface area (Å²) in [7, 11) is 0. The van der Waals surface area contributed by atoms with Gasteiger partial charge >= 0.3 is 0 Å². The first-order chi connectivity index (χ1) is 33.0. The van der Waals surface area contributed by atoms with Crippen LogP contribution in [0.2, 0.25) is 0 Å². The van der Waals surface area contributed by atoms with Gasteiger partial charge in [-0.05, 0) is 171 Å². The lowest BCUT2D eigenvalue weighted by atomic mass is 9.35. The highest BCUT2D eigenvalue weighted by atomic mass is 32.1. The smallest absolute Gasteiger partial charge is 0.297 e. The zero-order valence-electron chi connectivity index (χ0n) is 42.0. The molecule has 0 radical (unpaired) electrons. The second-order valence-electron chi connectivity index (χ2n) is 22.2. The molecule has 0 saturated heterocycles. The fraction of sp³-hybridized carbons (Fsp3) is 0.238. The maximum absolute atomic E-state index is 7.45. The maximum Gasteiger partial charge on any atom is 0.297 e. The molecule has 10 aromatic rings. The normalized spacial score (nSPS) is 13.6. The Bertz CT molecular complexity index is 3710. The van der Waals surface area contributed by atoms with Crippen molar-refractivity contribution in [1.82, 2.24) is 0 Å². The predicted octanol–water partition coefficient (Wildman–Crippen LogP) is 17.2. The van der Waals surface area contributed by atoms with Gasteiger partial charge in [0, 0.05) is 53.7 Å². The van der Waals surface area contributed by atoms with Crippen molar-refractivity contribution >= 4 is 111 Å². The van der Waals surface area contributed by atoms with E-state index < -0.39 is 0 Å². The molecular weight excluding hydrogens is 876 g/mol. The van der Waals surface area contributed by atoms with Crippen LogP contribution in [0.1, 0.15) is 100 Å². The lowest BCUT2D eigenvalue weighted by Crippen LogP contribution is -2.61. The van der Waals surface area contributed by atoms with Crippen LogP contribution < -0.4 is 26.4 Å². The molecule has 3 nitrogen and oxygen atoms in total. The minimum atomic E-state index is -0.154. The number of rotatable bonds is 5. The summed E-state index contributed by atoms with van der Waals surface area (Å²) in [6.45, 7) is 27.7. The number of benzene rings is 7. The Kier molecular flexibility index (Phi) is 9.92. The molecule has 0 atom stereocenters. The van der Waals surface area contributed by atoms with Gasteiger partial charge in [0.05, 0.1) is 22.7 Å². The van der Waals surface area contributed by atoms with E-state index in [2.05, 4.69) is 225 Å². The van der Waals surface area contributed by atoms with E-state index in [1.807, 2.05) is 22.7 Å². The first kappa shape index (κ1) is 43.9. The van der Waals surface area contributed by atoms with Crippen LogP contribution in [-0.2, 0) is 10.8 Å². The molecule has 2 aliphatic rings. The van der Waals surface area contributed by atoms with E-state index in [0.717, 1.165) is 22.3 Å². The molecule has 0 fully saturated rings. The Morgan fingerprint density at radius 1 is 0.507 bits per heavy atom. The fourth-order valence-corrected chi connectivity index (χ4v) is 13.5. The molecule has 2 aliphatic heterocycles. The van der Waals surface area contributed by atoms with Gasteiger partial charge in [-0.2, -0.15) is 0 Å². The second kappa shape index (κ2) is 15.6. The molecule has 7 aromatic carbocycles. The van der Waals surface area contributed by atoms with Crippen molar-refractivity contribution in [2.24, 2.45) is 0 Å². The quantitative estimate of drug-likeness (QED) is 0.160. The van der Waals surface area contributed by atoms with E-state index in [1.54, 1.807) is 0 Å². The highest BCUT2D eigenvalue weighted by Gasteiger charge is 2.48. The minimum Gasteiger partial charge on any atom is -0.468 e. The lowest BCUT2D eigenvalue weighted by molar-refractivity contribution is 0.589. The Morgan fingerprint density at radius 2 is 1.06 bits per heavy atom. The van der Waals surface area contributed by atoms with Gasteiger partial charge in [0.2, 0.25) is 0 Å². The van der Waals surface area contributed by atoms with Crippen LogP contribution in [0.3, 0.4) is 0 Å². The van der Waals surface area contributed by atoms with E-state index in [1.165, 1.54) is 121 Å². The van der Waals surface area contributed by atoms with Crippen LogP contribution in [0.15, 0.2) is 137 Å². The molecule has 3 aromatic heterocycles. The summed E-state index contributed by atoms with van der Waals surface area (Å²) >= 11 is 3.65. The lowest BCUT2D eigenvalue weighted by Gasteiger charge is -2.44. The van der Waals surface area contributed by atoms with Gasteiger partial charge < -0.3 is 14.2 Å². The monoisotopic (exact) mass is 934 g/mol. The Balaban J connectivity index is 1.19. The summed E-state index contributed by atoms with van der Waals surface area (Å²) < 4.78 is 10.1. The topological polar surface area (TPSA) is 19.6 Å². The predicted molar refractivity (Wildman–Crippen MR) is 302 cm³/mol. The van der Waals surface area contributed by atoms with Gasteiger partial charge in [-0.1, -0.05) is 122 Å². The van der Waals surface area contributed by atoms with Crippen molar-refractivity contribution in [1.29, 1.82) is 0 Å². The van der Waals surface area contributed by atoms with E-state index in [9.17, 15) is 0 Å². The van der Waals surface area contributed by atoms with Crippen LogP contribution in [0, 0.1) is 27.7 Å². The summed E-state index contributed by atoms with van der Waals surface area (Å²) in [4.78, 5) is 5.26. The Hall–Kier alpha value is -6.34. The van der Waals surface area contributed by atoms with Crippen molar-refractivity contribution < 1.29 is 4.42 Å². The van der Waals surface area contributed by atoms with E-state index in [-0.39, 0.29) is 23.5 Å². The van der Waals surface area contributed by atoms with E-state index >= 15 is 0 Å². The molecular formula is C63H59BN2OS2. The van der Waals surface area contributed by atoms with Gasteiger partial charge in [0.15, 0.2) is 0 Å². The average molecular weight is 935 g/mol. The number of aryl methyl sites for hydroxylation is 4. The number of hydrogen-bond donors (Lipinski definition) is 0. The van der Waals surface area contributed by atoms with Crippen molar-refractivity contribution in [2.45, 2.75) is 99.8 Å². The molecule has 342 valence electrons. The number of anilines is 6. The van der Waals surface area contributed by atoms with E-state index in [0.29, 0.717) is 0 Å². The van der Waals surface area contributed by atoms with Gasteiger partial charge in [0.1, 0.15) is 5.58 Å². The van der Waals surface area contributed by atoms with Gasteiger partial charge in [-0.15, -0.1) is 22.7 Å². The number of fused-ring (bicyclic) bond motifs is 8. The first-order valence-electron chi connectivity index (χ1n) is 24.6. The van der Waals surface area contributed by atoms with Crippen LogP contribution in [-0.4, -0.2) is 6.71 Å². The summed E-state index contributed by atoms with van der Waals surface area (Å²) in [6.07, 6.45) is 0. The molecule has 0 amide bonds. The largest absolute Gasteiger partial charge is 0.468 e. The third kappa shape index (κ3) is 6.80. The Labute approximate surface area is 416 Å². The molecule has 0 saturated carbocycles. The molecule has 5 heterocycles. The summed E-state index contributed by atoms with van der Waals surface area (Å²) in [5.74, 6) is 0.274. The maximum atomic E-state index is 7.45. The number of furan rings is 1. The molecule has 0 aliphatic carbocycles. The molecule has 0 bridgehead atoms. The standard InChI is InChI=1S/C63H59BN2OS2/c1-35(2)41-30-52-57-53(31-41)66(59-36(3)25-42(26-37(59)4)49-34-69-56-20-16-14-18-46(49)56)60-47-32-43(62(7,8)9)22-24-54(47)67-61(60)64(57)50-23-21-40(48-33-68-55-19-15-13-17-45(48)55)29-51(50)65(52)58-38(5)27-44(28-39(58)6)63(10,11)12/h13-35H,1-12H3. The average Bonchev–Trinajstić information content (AvgIpc) is 4.04. The van der Waals surface area contributed by atoms with Gasteiger partial charge in [-0.25, -0.2) is 0 Å². The molecule has 12 rings (SSSR count). The van der Waals surface area contributed by atoms with Crippen molar-refractivity contribution in [3.05, 3.63) is 171 Å². The molecule has 6 heteroatoms. The van der Waals surface area contributed by atoms with Crippen LogP contribution in [0.5, 0.6) is 0 Å². The fourth-order valence-electron chi connectivity index (χ4n) is 11.5. The first-order valence-corrected chi connectivity index (χ1v) is 26.4. The summed E-state index contributed by atoms with van der Waals surface area (Å²) in [5, 5.41) is 8.43. The zero-order chi connectivity index (χ0) is 48.0. The molecule has 0 N–H and O–H groups in total. The third-order valence-electron chi connectivity index (χ3n) is 15.1. The van der Waals surface area contributed by atoms with Gasteiger partial charge in [0.25, 0.3) is 6.71 Å². The number of hydrogen-bond acceptors (Lipinski definition) is 5. The highest BCUT2D eigenvalue weighted by molar-refractivity contribution is 7.18. The second-order valence-corrected chi connectivity index (χ2v) is 24.1. The van der Waals surface area contributed by atoms with Crippen LogP contribution in [0.4, 0.5) is 34.1 Å². The Morgan fingerprint density at radius 3 is 1.65 bits per heavy atom. The minimum absolute atomic E-state index is 0.00962. The molecule has 69 heavy (non-hydrogen) atoms. The third-order valence-corrected chi connectivity index (χ3v) is 17.0. The molecule has 0 spiro atoms. The SMILES string of the molecule is Cc1cc(C(C)(C)C)cc(C)c1N1c2cc(-c3csc4ccccc34)ccc2B2c3oc4ccc(C(C)(C)C)cc4c3N(c3c(C)cc(-c4csc5ccccc45)cc3C)c3cc(C(C)C)cc1c32. The van der Waals surface area contributed by atoms with Crippen molar-refractivity contribution in [3.63, 3.8) is 0 Å². The van der Waals surface area contributed by atoms with E-state index in [4.69, 9.17) is 4.42 Å². The highest BCUT2D eigenvalue weighted by Crippen LogP contribution is 2.52. The summed E-state index contributed by atoms with van der Waals surface area (Å²) in [6, 6.07) is 46.6.